The van der Waals surface area contributed by atoms with Crippen molar-refractivity contribution in [2.75, 3.05) is 0 Å². The summed E-state index contributed by atoms with van der Waals surface area (Å²) in [5.74, 6) is -0.968. The lowest BCUT2D eigenvalue weighted by Crippen LogP contribution is -2.34. The maximum atomic E-state index is 13.0. The first-order chi connectivity index (χ1) is 16.1. The second-order valence-electron chi connectivity index (χ2n) is 8.80. The van der Waals surface area contributed by atoms with Crippen molar-refractivity contribution in [2.24, 2.45) is 11.8 Å². The van der Waals surface area contributed by atoms with E-state index in [0.29, 0.717) is 10.0 Å². The number of thiazole rings is 2. The van der Waals surface area contributed by atoms with Crippen molar-refractivity contribution < 1.29 is 18.8 Å². The van der Waals surface area contributed by atoms with Gasteiger partial charge in [0, 0.05) is 10.8 Å². The zero-order valence-electron chi connectivity index (χ0n) is 19.4. The van der Waals surface area contributed by atoms with Crippen LogP contribution in [0.15, 0.2) is 21.4 Å². The summed E-state index contributed by atoms with van der Waals surface area (Å²) in [6.07, 6.45) is 1.27. The molecule has 6 bridgehead atoms. The van der Waals surface area contributed by atoms with E-state index in [1.807, 2.05) is 27.7 Å². The predicted octanol–water partition coefficient (Wildman–Crippen LogP) is 3.65. The Bertz CT molecular complexity index is 1210. The van der Waals surface area contributed by atoms with Crippen LogP contribution in [0.1, 0.15) is 100 Å². The standard InChI is InChI=1S/C22H26N6O4S2/c1-9(2)15-20-24-12(6-32-20)17(29)23-11(5)21-25-13(7-33-21)19(31)28-16(10(3)4)22-26-14(8-34-22)18(30)27-15/h6-11,15-16H,1-5H3,(H,23,29)(H,27,30)(H,28,31)/t11-,15-,16-/m0/s1. The van der Waals surface area contributed by atoms with E-state index >= 15 is 0 Å². The van der Waals surface area contributed by atoms with Gasteiger partial charge in [0.05, 0.1) is 12.1 Å². The Morgan fingerprint density at radius 2 is 1.29 bits per heavy atom. The molecule has 180 valence electrons. The first-order valence-electron chi connectivity index (χ1n) is 10.9. The summed E-state index contributed by atoms with van der Waals surface area (Å²) in [7, 11) is 0. The van der Waals surface area contributed by atoms with Crippen molar-refractivity contribution in [1.82, 2.24) is 30.9 Å². The van der Waals surface area contributed by atoms with E-state index in [4.69, 9.17) is 4.42 Å². The van der Waals surface area contributed by atoms with Gasteiger partial charge in [-0.2, -0.15) is 0 Å². The van der Waals surface area contributed by atoms with Gasteiger partial charge in [0.15, 0.2) is 5.69 Å². The molecule has 3 atom stereocenters. The van der Waals surface area contributed by atoms with Crippen LogP contribution in [0.25, 0.3) is 0 Å². The molecular weight excluding hydrogens is 476 g/mol. The molecule has 0 spiro atoms. The molecule has 0 unspecified atom stereocenters. The van der Waals surface area contributed by atoms with Gasteiger partial charge in [-0.1, -0.05) is 27.7 Å². The largest absolute Gasteiger partial charge is 0.446 e. The highest BCUT2D eigenvalue weighted by Crippen LogP contribution is 2.28. The number of rotatable bonds is 2. The van der Waals surface area contributed by atoms with Crippen LogP contribution in [-0.2, 0) is 0 Å². The minimum absolute atomic E-state index is 0.0297. The molecule has 0 saturated heterocycles. The van der Waals surface area contributed by atoms with E-state index in [-0.39, 0.29) is 40.7 Å². The smallest absolute Gasteiger partial charge is 0.273 e. The van der Waals surface area contributed by atoms with E-state index in [1.165, 1.54) is 28.9 Å². The van der Waals surface area contributed by atoms with Crippen LogP contribution < -0.4 is 16.0 Å². The first kappa shape index (κ1) is 24.0. The number of fused-ring (bicyclic) bond motifs is 6. The van der Waals surface area contributed by atoms with Gasteiger partial charge in [0.2, 0.25) is 5.89 Å². The van der Waals surface area contributed by atoms with E-state index in [0.717, 1.165) is 0 Å². The summed E-state index contributed by atoms with van der Waals surface area (Å²) in [5.41, 5.74) is 0.583. The average molecular weight is 503 g/mol. The van der Waals surface area contributed by atoms with E-state index < -0.39 is 29.9 Å². The van der Waals surface area contributed by atoms with Gasteiger partial charge in [-0.05, 0) is 18.8 Å². The molecule has 0 fully saturated rings. The zero-order chi connectivity index (χ0) is 24.6. The summed E-state index contributed by atoms with van der Waals surface area (Å²) < 4.78 is 5.56. The number of nitrogens with zero attached hydrogens (tertiary/aromatic N) is 3. The fourth-order valence-electron chi connectivity index (χ4n) is 3.45. The molecule has 12 heteroatoms. The number of carbonyl (C=O) groups excluding carboxylic acids is 3. The van der Waals surface area contributed by atoms with Crippen molar-refractivity contribution in [2.45, 2.75) is 52.7 Å². The third-order valence-corrected chi connectivity index (χ3v) is 7.38. The highest BCUT2D eigenvalue weighted by Gasteiger charge is 2.29. The Kier molecular flexibility index (Phi) is 6.80. The van der Waals surface area contributed by atoms with Gasteiger partial charge in [0.1, 0.15) is 33.7 Å². The number of carbonyl (C=O) groups is 3. The van der Waals surface area contributed by atoms with E-state index in [2.05, 4.69) is 30.9 Å². The minimum atomic E-state index is -0.558. The molecule has 0 saturated carbocycles. The molecule has 3 aromatic rings. The lowest BCUT2D eigenvalue weighted by molar-refractivity contribution is 0.0910. The van der Waals surface area contributed by atoms with Gasteiger partial charge in [-0.3, -0.25) is 14.4 Å². The molecule has 1 aliphatic rings. The quantitative estimate of drug-likeness (QED) is 0.486. The molecule has 3 N–H and O–H groups in total. The second-order valence-corrected chi connectivity index (χ2v) is 10.6. The third-order valence-electron chi connectivity index (χ3n) is 5.42. The zero-order valence-corrected chi connectivity index (χ0v) is 21.0. The van der Waals surface area contributed by atoms with Crippen LogP contribution >= 0.6 is 22.7 Å². The van der Waals surface area contributed by atoms with Crippen molar-refractivity contribution in [1.29, 1.82) is 0 Å². The topological polar surface area (TPSA) is 139 Å². The summed E-state index contributed by atoms with van der Waals surface area (Å²) in [6, 6.07) is -1.39. The number of hydrogen-bond acceptors (Lipinski definition) is 9. The Hall–Kier alpha value is -3.12. The van der Waals surface area contributed by atoms with E-state index in [1.54, 1.807) is 17.7 Å². The van der Waals surface area contributed by atoms with Gasteiger partial charge < -0.3 is 20.4 Å². The molecule has 0 aromatic carbocycles. The third kappa shape index (κ3) is 4.87. The first-order valence-corrected chi connectivity index (χ1v) is 12.7. The molecule has 4 rings (SSSR count). The van der Waals surface area contributed by atoms with Gasteiger partial charge in [0.25, 0.3) is 17.7 Å². The van der Waals surface area contributed by atoms with Crippen molar-refractivity contribution in [3.05, 3.63) is 50.0 Å². The molecule has 3 aromatic heterocycles. The molecular formula is C22H26N6O4S2. The monoisotopic (exact) mass is 502 g/mol. The Labute approximate surface area is 204 Å². The summed E-state index contributed by atoms with van der Waals surface area (Å²) in [4.78, 5) is 51.9. The van der Waals surface area contributed by atoms with Crippen LogP contribution in [0.4, 0.5) is 0 Å². The molecule has 34 heavy (non-hydrogen) atoms. The Morgan fingerprint density at radius 3 is 1.91 bits per heavy atom. The lowest BCUT2D eigenvalue weighted by atomic mass is 10.0. The van der Waals surface area contributed by atoms with Crippen molar-refractivity contribution in [3.8, 4) is 0 Å². The van der Waals surface area contributed by atoms with Crippen LogP contribution in [0.5, 0.6) is 0 Å². The van der Waals surface area contributed by atoms with Crippen LogP contribution in [0, 0.1) is 11.8 Å². The maximum absolute atomic E-state index is 13.0. The molecule has 0 aliphatic carbocycles. The number of hydrogen-bond donors (Lipinski definition) is 3. The second kappa shape index (κ2) is 9.63. The Morgan fingerprint density at radius 1 is 0.765 bits per heavy atom. The van der Waals surface area contributed by atoms with Crippen LogP contribution in [0.2, 0.25) is 0 Å². The number of nitrogens with one attached hydrogen (secondary N) is 3. The number of oxazole rings is 1. The van der Waals surface area contributed by atoms with Gasteiger partial charge in [-0.15, -0.1) is 22.7 Å². The fraction of sp³-hybridized carbons (Fsp3) is 0.455. The highest BCUT2D eigenvalue weighted by atomic mass is 32.1. The number of aromatic nitrogens is 3. The van der Waals surface area contributed by atoms with Gasteiger partial charge in [-0.25, -0.2) is 15.0 Å². The molecule has 4 heterocycles. The predicted molar refractivity (Wildman–Crippen MR) is 127 cm³/mol. The average Bonchev–Trinajstić information content (AvgIpc) is 3.54. The van der Waals surface area contributed by atoms with E-state index in [9.17, 15) is 14.4 Å². The fourth-order valence-corrected chi connectivity index (χ4v) is 5.28. The SMILES string of the molecule is CC(C)[C@@H]1NC(=O)c2csc(n2)[C@H](C(C)C)NC(=O)c2csc(n2)[C@H](C)NC(=O)c2coc1n2. The highest BCUT2D eigenvalue weighted by molar-refractivity contribution is 7.10. The summed E-state index contributed by atoms with van der Waals surface area (Å²) in [6.45, 7) is 9.55. The molecule has 1 aliphatic heterocycles. The summed E-state index contributed by atoms with van der Waals surface area (Å²) >= 11 is 2.59. The Balaban J connectivity index is 1.75. The van der Waals surface area contributed by atoms with Crippen molar-refractivity contribution >= 4 is 40.4 Å². The van der Waals surface area contributed by atoms with Crippen LogP contribution in [0.3, 0.4) is 0 Å². The lowest BCUT2D eigenvalue weighted by Gasteiger charge is -2.20. The van der Waals surface area contributed by atoms with Crippen LogP contribution in [-0.4, -0.2) is 32.7 Å². The minimum Gasteiger partial charge on any atom is -0.446 e. The normalized spacial score (nSPS) is 21.6. The molecule has 0 radical (unpaired) electrons. The maximum Gasteiger partial charge on any atom is 0.273 e. The van der Waals surface area contributed by atoms with Crippen molar-refractivity contribution in [3.63, 3.8) is 0 Å². The molecule has 10 nitrogen and oxygen atoms in total. The van der Waals surface area contributed by atoms with Gasteiger partial charge >= 0.3 is 0 Å². The molecule has 3 amide bonds. The summed E-state index contributed by atoms with van der Waals surface area (Å²) in [5, 5.41) is 13.3. The number of amides is 3.